The molecule has 0 aliphatic carbocycles. The molecular formula is C15H13F3N4S. The summed E-state index contributed by atoms with van der Waals surface area (Å²) in [5.41, 5.74) is 2.00. The van der Waals surface area contributed by atoms with Gasteiger partial charge >= 0.3 is 6.18 Å². The van der Waals surface area contributed by atoms with Crippen molar-refractivity contribution in [3.63, 3.8) is 0 Å². The summed E-state index contributed by atoms with van der Waals surface area (Å²) < 4.78 is 37.6. The van der Waals surface area contributed by atoms with Crippen LogP contribution in [0.2, 0.25) is 0 Å². The predicted molar refractivity (Wildman–Crippen MR) is 80.3 cm³/mol. The van der Waals surface area contributed by atoms with Crippen LogP contribution in [-0.2, 0) is 12.6 Å². The average Bonchev–Trinajstić information content (AvgIpc) is 3.18. The summed E-state index contributed by atoms with van der Waals surface area (Å²) in [4.78, 5) is 3.65. The molecule has 0 saturated carbocycles. The van der Waals surface area contributed by atoms with Crippen molar-refractivity contribution < 1.29 is 13.2 Å². The summed E-state index contributed by atoms with van der Waals surface area (Å²) in [6.45, 7) is 2.02. The third-order valence-corrected chi connectivity index (χ3v) is 4.41. The standard InChI is InChI=1S/C15H13F3N4S/c1-9(12-7-19-22-21-12)11-4-2-10(3-5-11)6-14-20-13(8-23-14)15(16,17)18/h2-5,7-9H,6H2,1H3,(H,19,21,22)/t9-/m1/s1. The summed E-state index contributed by atoms with van der Waals surface area (Å²) in [5, 5.41) is 11.9. The lowest BCUT2D eigenvalue weighted by Crippen LogP contribution is -2.05. The van der Waals surface area contributed by atoms with E-state index in [9.17, 15) is 13.2 Å². The van der Waals surface area contributed by atoms with E-state index in [-0.39, 0.29) is 5.92 Å². The van der Waals surface area contributed by atoms with Crippen LogP contribution in [0.1, 0.15) is 40.4 Å². The third-order valence-electron chi connectivity index (χ3n) is 3.56. The highest BCUT2D eigenvalue weighted by atomic mass is 32.1. The Morgan fingerprint density at radius 2 is 1.96 bits per heavy atom. The molecule has 0 amide bonds. The Bertz CT molecular complexity index is 763. The first-order valence-corrected chi connectivity index (χ1v) is 7.78. The second kappa shape index (κ2) is 6.11. The zero-order valence-corrected chi connectivity index (χ0v) is 12.9. The molecule has 2 aromatic heterocycles. The lowest BCUT2D eigenvalue weighted by Gasteiger charge is -2.09. The lowest BCUT2D eigenvalue weighted by molar-refractivity contribution is -0.140. The van der Waals surface area contributed by atoms with Gasteiger partial charge in [-0.1, -0.05) is 36.4 Å². The number of halogens is 3. The highest BCUT2D eigenvalue weighted by Gasteiger charge is 2.33. The maximum Gasteiger partial charge on any atom is 0.434 e. The molecule has 1 aromatic carbocycles. The number of aromatic amines is 1. The number of hydrogen-bond donors (Lipinski definition) is 1. The Labute approximate surface area is 134 Å². The minimum absolute atomic E-state index is 0.0968. The molecule has 3 rings (SSSR count). The van der Waals surface area contributed by atoms with Crippen LogP contribution < -0.4 is 0 Å². The zero-order chi connectivity index (χ0) is 16.4. The van der Waals surface area contributed by atoms with E-state index in [1.807, 2.05) is 31.2 Å². The molecule has 0 aliphatic rings. The smallest absolute Gasteiger partial charge is 0.265 e. The highest BCUT2D eigenvalue weighted by molar-refractivity contribution is 7.09. The van der Waals surface area contributed by atoms with Gasteiger partial charge in [0.05, 0.1) is 10.7 Å². The number of hydrogen-bond acceptors (Lipinski definition) is 4. The van der Waals surface area contributed by atoms with Crippen molar-refractivity contribution in [2.45, 2.75) is 25.4 Å². The van der Waals surface area contributed by atoms with Gasteiger partial charge in [-0.05, 0) is 11.1 Å². The Kier molecular flexibility index (Phi) is 4.16. The first-order valence-electron chi connectivity index (χ1n) is 6.90. The van der Waals surface area contributed by atoms with Gasteiger partial charge < -0.3 is 0 Å². The number of thiazole rings is 1. The third kappa shape index (κ3) is 3.58. The van der Waals surface area contributed by atoms with E-state index < -0.39 is 11.9 Å². The number of nitrogens with zero attached hydrogens (tertiary/aromatic N) is 3. The zero-order valence-electron chi connectivity index (χ0n) is 12.1. The predicted octanol–water partition coefficient (Wildman–Crippen LogP) is 4.02. The van der Waals surface area contributed by atoms with Crippen LogP contribution in [0.3, 0.4) is 0 Å². The number of benzene rings is 1. The molecule has 8 heteroatoms. The maximum absolute atomic E-state index is 12.5. The van der Waals surface area contributed by atoms with E-state index in [1.165, 1.54) is 0 Å². The number of nitrogens with one attached hydrogen (secondary N) is 1. The first-order chi connectivity index (χ1) is 10.9. The van der Waals surface area contributed by atoms with Crippen molar-refractivity contribution in [1.29, 1.82) is 0 Å². The molecule has 4 nitrogen and oxygen atoms in total. The molecule has 0 saturated heterocycles. The number of aromatic nitrogens is 4. The van der Waals surface area contributed by atoms with Gasteiger partial charge in [0.1, 0.15) is 0 Å². The van der Waals surface area contributed by atoms with Crippen molar-refractivity contribution >= 4 is 11.3 Å². The Morgan fingerprint density at radius 3 is 2.52 bits per heavy atom. The van der Waals surface area contributed by atoms with Crippen LogP contribution in [0.15, 0.2) is 35.8 Å². The van der Waals surface area contributed by atoms with Crippen LogP contribution in [0.5, 0.6) is 0 Å². The van der Waals surface area contributed by atoms with Crippen LogP contribution in [0.4, 0.5) is 13.2 Å². The molecule has 3 aromatic rings. The number of rotatable bonds is 4. The van der Waals surface area contributed by atoms with Gasteiger partial charge in [-0.3, -0.25) is 5.10 Å². The fourth-order valence-corrected chi connectivity index (χ4v) is 3.05. The van der Waals surface area contributed by atoms with E-state index in [0.717, 1.165) is 33.5 Å². The van der Waals surface area contributed by atoms with Crippen molar-refractivity contribution in [2.75, 3.05) is 0 Å². The maximum atomic E-state index is 12.5. The summed E-state index contributed by atoms with van der Waals surface area (Å²) in [6.07, 6.45) is -2.25. The van der Waals surface area contributed by atoms with Gasteiger partial charge in [0.2, 0.25) is 0 Å². The minimum Gasteiger partial charge on any atom is -0.265 e. The van der Waals surface area contributed by atoms with Gasteiger partial charge in [-0.2, -0.15) is 13.2 Å². The van der Waals surface area contributed by atoms with Crippen molar-refractivity contribution in [2.24, 2.45) is 0 Å². The Balaban J connectivity index is 1.71. The average molecular weight is 338 g/mol. The van der Waals surface area contributed by atoms with Crippen molar-refractivity contribution in [3.8, 4) is 0 Å². The van der Waals surface area contributed by atoms with Gasteiger partial charge in [0.15, 0.2) is 5.69 Å². The number of H-pyrrole nitrogens is 1. The van der Waals surface area contributed by atoms with Crippen LogP contribution in [-0.4, -0.2) is 20.4 Å². The monoisotopic (exact) mass is 338 g/mol. The van der Waals surface area contributed by atoms with Crippen molar-refractivity contribution in [1.82, 2.24) is 20.4 Å². The fourth-order valence-electron chi connectivity index (χ4n) is 2.21. The molecule has 0 unspecified atom stereocenters. The van der Waals surface area contributed by atoms with Gasteiger partial charge in [-0.15, -0.1) is 16.4 Å². The SMILES string of the molecule is C[C@H](c1ccc(Cc2nc(C(F)(F)F)cs2)cc1)c1c[nH]nn1. The van der Waals surface area contributed by atoms with E-state index >= 15 is 0 Å². The summed E-state index contributed by atoms with van der Waals surface area (Å²) in [7, 11) is 0. The largest absolute Gasteiger partial charge is 0.434 e. The second-order valence-electron chi connectivity index (χ2n) is 5.16. The molecule has 0 spiro atoms. The lowest BCUT2D eigenvalue weighted by atomic mass is 9.97. The van der Waals surface area contributed by atoms with E-state index in [1.54, 1.807) is 6.20 Å². The van der Waals surface area contributed by atoms with E-state index in [0.29, 0.717) is 11.4 Å². The molecule has 0 fully saturated rings. The molecular weight excluding hydrogens is 325 g/mol. The van der Waals surface area contributed by atoms with Gasteiger partial charge in [0, 0.05) is 23.9 Å². The summed E-state index contributed by atoms with van der Waals surface area (Å²) in [5.74, 6) is 0.0968. The normalized spacial score (nSPS) is 13.2. The van der Waals surface area contributed by atoms with Crippen LogP contribution in [0, 0.1) is 0 Å². The highest BCUT2D eigenvalue weighted by Crippen LogP contribution is 2.30. The quantitative estimate of drug-likeness (QED) is 0.782. The van der Waals surface area contributed by atoms with Crippen LogP contribution >= 0.6 is 11.3 Å². The minimum atomic E-state index is -4.38. The second-order valence-corrected chi connectivity index (χ2v) is 6.11. The van der Waals surface area contributed by atoms with E-state index in [2.05, 4.69) is 20.4 Å². The Morgan fingerprint density at radius 1 is 1.22 bits per heavy atom. The molecule has 1 atom stereocenters. The molecule has 0 aliphatic heterocycles. The summed E-state index contributed by atoms with van der Waals surface area (Å²) in [6, 6.07) is 7.71. The fraction of sp³-hybridized carbons (Fsp3) is 0.267. The molecule has 120 valence electrons. The van der Waals surface area contributed by atoms with Crippen LogP contribution in [0.25, 0.3) is 0 Å². The van der Waals surface area contributed by atoms with Crippen molar-refractivity contribution in [3.05, 3.63) is 63.4 Å². The molecule has 23 heavy (non-hydrogen) atoms. The molecule has 2 heterocycles. The summed E-state index contributed by atoms with van der Waals surface area (Å²) >= 11 is 1.03. The molecule has 0 bridgehead atoms. The molecule has 0 radical (unpaired) electrons. The van der Waals surface area contributed by atoms with E-state index in [4.69, 9.17) is 0 Å². The topological polar surface area (TPSA) is 54.5 Å². The molecule has 1 N–H and O–H groups in total. The van der Waals surface area contributed by atoms with Gasteiger partial charge in [0.25, 0.3) is 0 Å². The Hall–Kier alpha value is -2.22. The van der Waals surface area contributed by atoms with Gasteiger partial charge in [-0.25, -0.2) is 4.98 Å². The number of alkyl halides is 3. The first kappa shape index (κ1) is 15.7.